The van der Waals surface area contributed by atoms with Gasteiger partial charge in [-0.3, -0.25) is 4.98 Å². The minimum Gasteiger partial charge on any atom is -0.454 e. The highest BCUT2D eigenvalue weighted by molar-refractivity contribution is 6.32. The third-order valence-electron chi connectivity index (χ3n) is 5.81. The van der Waals surface area contributed by atoms with Gasteiger partial charge in [0.25, 0.3) is 0 Å². The van der Waals surface area contributed by atoms with Crippen LogP contribution in [0.15, 0.2) is 16.5 Å². The molecule has 0 aliphatic rings. The molecule has 202 valence electrons. The van der Waals surface area contributed by atoms with Gasteiger partial charge in [-0.1, -0.05) is 31.9 Å². The van der Waals surface area contributed by atoms with Crippen molar-refractivity contribution in [3.8, 4) is 11.3 Å². The van der Waals surface area contributed by atoms with Crippen LogP contribution in [0.4, 0.5) is 16.6 Å². The molecular weight excluding hydrogens is 494 g/mol. The normalized spacial score (nSPS) is 12.4. The molecule has 0 saturated carbocycles. The minimum atomic E-state index is -0.654. The molecule has 0 fully saturated rings. The molecule has 0 saturated heterocycles. The first-order valence-electron chi connectivity index (χ1n) is 12.8. The fraction of sp³-hybridized carbons (Fsp3) is 0.556. The van der Waals surface area contributed by atoms with E-state index < -0.39 is 11.8 Å². The van der Waals surface area contributed by atoms with Crippen molar-refractivity contribution in [2.24, 2.45) is 5.92 Å². The van der Waals surface area contributed by atoms with Crippen LogP contribution in [0.5, 0.6) is 0 Å². The molecule has 37 heavy (non-hydrogen) atoms. The Bertz CT molecular complexity index is 1220. The van der Waals surface area contributed by atoms with Crippen molar-refractivity contribution >= 4 is 40.5 Å². The van der Waals surface area contributed by atoms with Gasteiger partial charge in [0.2, 0.25) is 5.95 Å². The molecular formula is C27H38ClN5O4. The number of carbonyl (C=O) groups is 1. The van der Waals surface area contributed by atoms with E-state index in [2.05, 4.69) is 45.5 Å². The van der Waals surface area contributed by atoms with Gasteiger partial charge < -0.3 is 24.5 Å². The highest BCUT2D eigenvalue weighted by atomic mass is 35.5. The van der Waals surface area contributed by atoms with Crippen LogP contribution in [-0.2, 0) is 15.9 Å². The van der Waals surface area contributed by atoms with Crippen LogP contribution in [0.3, 0.4) is 0 Å². The van der Waals surface area contributed by atoms with Crippen LogP contribution >= 0.6 is 11.6 Å². The van der Waals surface area contributed by atoms with Crippen molar-refractivity contribution in [1.29, 1.82) is 0 Å². The highest BCUT2D eigenvalue weighted by Gasteiger charge is 2.21. The number of fused-ring (bicyclic) bond motifs is 1. The summed E-state index contributed by atoms with van der Waals surface area (Å²) in [6.45, 7) is 12.4. The van der Waals surface area contributed by atoms with Crippen LogP contribution in [0.1, 0.15) is 65.3 Å². The summed E-state index contributed by atoms with van der Waals surface area (Å²) in [5.74, 6) is 1.69. The number of nitrogens with one attached hydrogen (secondary N) is 2. The quantitative estimate of drug-likeness (QED) is 0.199. The number of anilines is 2. The van der Waals surface area contributed by atoms with Gasteiger partial charge in [0.05, 0.1) is 17.9 Å². The van der Waals surface area contributed by atoms with Crippen molar-refractivity contribution in [2.45, 2.75) is 72.8 Å². The fourth-order valence-electron chi connectivity index (χ4n) is 3.94. The standard InChI is InChI=1S/C27H38ClN5O4/c1-8-10-19-13-18-14-20(36-22(18)16(3)31-19)21-23(28)32-25(29-7)33-24(21)30-12-11-17(9-2)15-35-26(34)37-27(4,5)6/h13-14,17H,8-12,15H2,1-7H3,(H2,29,30,32,33). The molecule has 2 N–H and O–H groups in total. The predicted molar refractivity (Wildman–Crippen MR) is 147 cm³/mol. The molecule has 10 heteroatoms. The number of pyridine rings is 1. The van der Waals surface area contributed by atoms with E-state index in [1.54, 1.807) is 7.05 Å². The zero-order valence-electron chi connectivity index (χ0n) is 22.8. The van der Waals surface area contributed by atoms with E-state index in [1.807, 2.05) is 33.8 Å². The van der Waals surface area contributed by atoms with Gasteiger partial charge in [-0.05, 0) is 65.0 Å². The SMILES string of the molecule is CCCc1cc2cc(-c3c(Cl)nc(NC)nc3NCCC(CC)COC(=O)OC(C)(C)C)oc2c(C)n1. The summed E-state index contributed by atoms with van der Waals surface area (Å²) in [6, 6.07) is 4.01. The molecule has 9 nitrogen and oxygen atoms in total. The number of nitrogens with zero attached hydrogens (tertiary/aromatic N) is 3. The summed E-state index contributed by atoms with van der Waals surface area (Å²) in [5.41, 5.74) is 2.59. The number of hydrogen-bond donors (Lipinski definition) is 2. The average Bonchev–Trinajstić information content (AvgIpc) is 3.24. The maximum atomic E-state index is 11.9. The number of hydrogen-bond acceptors (Lipinski definition) is 9. The Labute approximate surface area is 223 Å². The topological polar surface area (TPSA) is 111 Å². The van der Waals surface area contributed by atoms with Gasteiger partial charge in [-0.15, -0.1) is 0 Å². The van der Waals surface area contributed by atoms with Crippen molar-refractivity contribution in [3.63, 3.8) is 0 Å². The Kier molecular flexibility index (Phi) is 9.59. The van der Waals surface area contributed by atoms with Crippen molar-refractivity contribution < 1.29 is 18.7 Å². The monoisotopic (exact) mass is 531 g/mol. The number of ether oxygens (including phenoxy) is 2. The van der Waals surface area contributed by atoms with Gasteiger partial charge >= 0.3 is 6.16 Å². The summed E-state index contributed by atoms with van der Waals surface area (Å²) in [7, 11) is 1.74. The van der Waals surface area contributed by atoms with Gasteiger partial charge in [0.1, 0.15) is 22.3 Å². The van der Waals surface area contributed by atoms with Gasteiger partial charge in [-0.2, -0.15) is 4.98 Å². The summed E-state index contributed by atoms with van der Waals surface area (Å²) in [6.07, 6.45) is 2.86. The van der Waals surface area contributed by atoms with Gasteiger partial charge in [0, 0.05) is 24.7 Å². The average molecular weight is 532 g/mol. The van der Waals surface area contributed by atoms with E-state index in [9.17, 15) is 4.79 Å². The molecule has 0 aromatic carbocycles. The number of aryl methyl sites for hydroxylation is 2. The second kappa shape index (κ2) is 12.4. The van der Waals surface area contributed by atoms with Gasteiger partial charge in [-0.25, -0.2) is 9.78 Å². The zero-order valence-corrected chi connectivity index (χ0v) is 23.6. The molecule has 0 bridgehead atoms. The van der Waals surface area contributed by atoms with E-state index >= 15 is 0 Å². The maximum Gasteiger partial charge on any atom is 0.508 e. The van der Waals surface area contributed by atoms with E-state index in [1.165, 1.54) is 0 Å². The Morgan fingerprint density at radius 1 is 1.19 bits per heavy atom. The Hall–Kier alpha value is -3.07. The number of furan rings is 1. The minimum absolute atomic E-state index is 0.154. The van der Waals surface area contributed by atoms with E-state index in [0.29, 0.717) is 29.6 Å². The molecule has 0 radical (unpaired) electrons. The number of carbonyl (C=O) groups excluding carboxylic acids is 1. The molecule has 1 atom stereocenters. The highest BCUT2D eigenvalue weighted by Crippen LogP contribution is 2.38. The zero-order chi connectivity index (χ0) is 27.2. The lowest BCUT2D eigenvalue weighted by molar-refractivity contribution is -0.0136. The smallest absolute Gasteiger partial charge is 0.454 e. The summed E-state index contributed by atoms with van der Waals surface area (Å²) in [4.78, 5) is 25.6. The number of halogens is 1. The lowest BCUT2D eigenvalue weighted by Crippen LogP contribution is -2.26. The van der Waals surface area contributed by atoms with Crippen molar-refractivity contribution in [3.05, 3.63) is 28.7 Å². The third-order valence-corrected chi connectivity index (χ3v) is 6.09. The Morgan fingerprint density at radius 3 is 2.59 bits per heavy atom. The van der Waals surface area contributed by atoms with Crippen molar-refractivity contribution in [2.75, 3.05) is 30.8 Å². The molecule has 1 unspecified atom stereocenters. The number of rotatable bonds is 11. The second-order valence-corrected chi connectivity index (χ2v) is 10.4. The van der Waals surface area contributed by atoms with Crippen LogP contribution in [-0.4, -0.2) is 46.9 Å². The largest absolute Gasteiger partial charge is 0.508 e. The maximum absolute atomic E-state index is 11.9. The van der Waals surface area contributed by atoms with Crippen LogP contribution in [0.2, 0.25) is 5.15 Å². The van der Waals surface area contributed by atoms with Gasteiger partial charge in [0.15, 0.2) is 5.58 Å². The van der Waals surface area contributed by atoms with Crippen LogP contribution in [0, 0.1) is 12.8 Å². The molecule has 3 aromatic heterocycles. The molecule has 3 heterocycles. The first kappa shape index (κ1) is 28.5. The molecule has 3 aromatic rings. The molecule has 0 spiro atoms. The summed E-state index contributed by atoms with van der Waals surface area (Å²) >= 11 is 6.62. The van der Waals surface area contributed by atoms with Crippen LogP contribution < -0.4 is 10.6 Å². The fourth-order valence-corrected chi connectivity index (χ4v) is 4.20. The Balaban J connectivity index is 1.79. The molecule has 0 aliphatic carbocycles. The lowest BCUT2D eigenvalue weighted by atomic mass is 10.0. The van der Waals surface area contributed by atoms with E-state index in [0.717, 1.165) is 48.0 Å². The summed E-state index contributed by atoms with van der Waals surface area (Å²) < 4.78 is 16.8. The van der Waals surface area contributed by atoms with Crippen LogP contribution in [0.25, 0.3) is 22.3 Å². The van der Waals surface area contributed by atoms with E-state index in [4.69, 9.17) is 25.5 Å². The van der Waals surface area contributed by atoms with Crippen molar-refractivity contribution in [1.82, 2.24) is 15.0 Å². The third kappa shape index (κ3) is 7.71. The summed E-state index contributed by atoms with van der Waals surface area (Å²) in [5, 5.41) is 7.58. The first-order chi connectivity index (χ1) is 17.5. The molecule has 0 amide bonds. The lowest BCUT2D eigenvalue weighted by Gasteiger charge is -2.21. The number of aromatic nitrogens is 3. The Morgan fingerprint density at radius 2 is 1.95 bits per heavy atom. The first-order valence-corrected chi connectivity index (χ1v) is 13.2. The second-order valence-electron chi connectivity index (χ2n) is 10.1. The molecule has 3 rings (SSSR count). The van der Waals surface area contributed by atoms with E-state index in [-0.39, 0.29) is 17.7 Å². The predicted octanol–water partition coefficient (Wildman–Crippen LogP) is 7.02. The molecule has 0 aliphatic heterocycles.